The largest absolute Gasteiger partial charge is 0.330 e. The van der Waals surface area contributed by atoms with Crippen molar-refractivity contribution in [2.24, 2.45) is 5.92 Å². The molecular weight excluding hydrogens is 270 g/mol. The zero-order chi connectivity index (χ0) is 14.8. The summed E-state index contributed by atoms with van der Waals surface area (Å²) < 4.78 is 3.45. The van der Waals surface area contributed by atoms with Crippen LogP contribution in [0.2, 0.25) is 0 Å². The lowest BCUT2D eigenvalue weighted by molar-refractivity contribution is 0.336. The Hall–Kier alpha value is -1.89. The van der Waals surface area contributed by atoms with E-state index in [1.165, 1.54) is 0 Å². The Morgan fingerprint density at radius 1 is 1.33 bits per heavy atom. The van der Waals surface area contributed by atoms with E-state index in [4.69, 9.17) is 0 Å². The first kappa shape index (κ1) is 14.1. The Morgan fingerprint density at radius 3 is 2.81 bits per heavy atom. The fourth-order valence-electron chi connectivity index (χ4n) is 3.03. The standard InChI is InChI=1S/C14H21N5O2/c1-2-7-19-12-11(13(20)17-14(19)21)18(9-16-12)8-10-3-5-15-6-4-10/h9-10,15H,2-8H2,1H3,(H,17,20,21). The highest BCUT2D eigenvalue weighted by Gasteiger charge is 2.18. The Bertz CT molecular complexity index is 736. The fourth-order valence-corrected chi connectivity index (χ4v) is 3.03. The van der Waals surface area contributed by atoms with Crippen LogP contribution in [0.3, 0.4) is 0 Å². The summed E-state index contributed by atoms with van der Waals surface area (Å²) in [5.74, 6) is 0.551. The predicted octanol–water partition coefficient (Wildman–Crippen LogP) is 0.296. The number of nitrogens with one attached hydrogen (secondary N) is 2. The van der Waals surface area contributed by atoms with Crippen molar-refractivity contribution < 1.29 is 0 Å². The first-order valence-electron chi connectivity index (χ1n) is 7.59. The third-order valence-electron chi connectivity index (χ3n) is 4.12. The first-order valence-corrected chi connectivity index (χ1v) is 7.59. The van der Waals surface area contributed by atoms with Gasteiger partial charge in [0.25, 0.3) is 5.56 Å². The minimum atomic E-state index is -0.374. The average Bonchev–Trinajstić information content (AvgIpc) is 2.88. The minimum Gasteiger partial charge on any atom is -0.324 e. The number of aromatic amines is 1. The second kappa shape index (κ2) is 5.85. The Balaban J connectivity index is 2.02. The number of aromatic nitrogens is 4. The van der Waals surface area contributed by atoms with Crippen molar-refractivity contribution in [1.29, 1.82) is 0 Å². The summed E-state index contributed by atoms with van der Waals surface area (Å²) >= 11 is 0. The van der Waals surface area contributed by atoms with Crippen LogP contribution in [-0.2, 0) is 13.1 Å². The van der Waals surface area contributed by atoms with Crippen LogP contribution in [0.1, 0.15) is 26.2 Å². The van der Waals surface area contributed by atoms with Gasteiger partial charge in [0.15, 0.2) is 11.2 Å². The highest BCUT2D eigenvalue weighted by atomic mass is 16.2. The van der Waals surface area contributed by atoms with Crippen molar-refractivity contribution in [3.63, 3.8) is 0 Å². The van der Waals surface area contributed by atoms with Crippen LogP contribution < -0.4 is 16.6 Å². The number of fused-ring (bicyclic) bond motifs is 1. The second-order valence-electron chi connectivity index (χ2n) is 5.67. The van der Waals surface area contributed by atoms with E-state index in [9.17, 15) is 9.59 Å². The number of imidazole rings is 1. The number of nitrogens with zero attached hydrogens (tertiary/aromatic N) is 3. The molecule has 3 rings (SSSR count). The molecule has 0 amide bonds. The van der Waals surface area contributed by atoms with Gasteiger partial charge < -0.3 is 9.88 Å². The van der Waals surface area contributed by atoms with Gasteiger partial charge in [0.1, 0.15) is 0 Å². The Kier molecular flexibility index (Phi) is 3.92. The molecule has 0 atom stereocenters. The summed E-state index contributed by atoms with van der Waals surface area (Å²) in [6, 6.07) is 0. The van der Waals surface area contributed by atoms with Crippen LogP contribution in [0.25, 0.3) is 11.2 Å². The molecule has 2 aromatic rings. The third kappa shape index (κ3) is 2.65. The molecule has 7 nitrogen and oxygen atoms in total. The van der Waals surface area contributed by atoms with Crippen LogP contribution in [0.15, 0.2) is 15.9 Å². The summed E-state index contributed by atoms with van der Waals surface area (Å²) in [4.78, 5) is 30.8. The summed E-state index contributed by atoms with van der Waals surface area (Å²) in [5.41, 5.74) is 0.302. The quantitative estimate of drug-likeness (QED) is 0.848. The number of piperidine rings is 1. The SMILES string of the molecule is CCCn1c(=O)[nH]c(=O)c2c1ncn2CC1CCNCC1. The number of hydrogen-bond donors (Lipinski definition) is 2. The molecule has 1 aliphatic heterocycles. The summed E-state index contributed by atoms with van der Waals surface area (Å²) in [6.07, 6.45) is 4.72. The minimum absolute atomic E-state index is 0.339. The lowest BCUT2D eigenvalue weighted by atomic mass is 9.98. The lowest BCUT2D eigenvalue weighted by Gasteiger charge is -2.22. The van der Waals surface area contributed by atoms with E-state index in [0.29, 0.717) is 23.6 Å². The molecule has 0 aromatic carbocycles. The number of hydrogen-bond acceptors (Lipinski definition) is 4. The van der Waals surface area contributed by atoms with Crippen molar-refractivity contribution in [3.05, 3.63) is 27.2 Å². The van der Waals surface area contributed by atoms with Crippen molar-refractivity contribution >= 4 is 11.2 Å². The van der Waals surface area contributed by atoms with Crippen LogP contribution in [0.4, 0.5) is 0 Å². The van der Waals surface area contributed by atoms with Gasteiger partial charge in [-0.2, -0.15) is 0 Å². The maximum absolute atomic E-state index is 12.1. The summed E-state index contributed by atoms with van der Waals surface area (Å²) in [7, 11) is 0. The molecule has 0 radical (unpaired) electrons. The average molecular weight is 291 g/mol. The monoisotopic (exact) mass is 291 g/mol. The smallest absolute Gasteiger partial charge is 0.324 e. The van der Waals surface area contributed by atoms with Crippen molar-refractivity contribution in [2.45, 2.75) is 39.3 Å². The van der Waals surface area contributed by atoms with E-state index in [0.717, 1.165) is 38.9 Å². The van der Waals surface area contributed by atoms with Gasteiger partial charge in [-0.05, 0) is 38.3 Å². The maximum atomic E-state index is 12.1. The molecule has 3 heterocycles. The fraction of sp³-hybridized carbons (Fsp3) is 0.643. The van der Waals surface area contributed by atoms with Gasteiger partial charge in [-0.1, -0.05) is 6.92 Å². The Labute approximate surface area is 122 Å². The van der Waals surface area contributed by atoms with Crippen molar-refractivity contribution in [1.82, 2.24) is 24.4 Å². The molecule has 2 N–H and O–H groups in total. The molecule has 0 unspecified atom stereocenters. The first-order chi connectivity index (χ1) is 10.2. The van der Waals surface area contributed by atoms with Crippen LogP contribution in [0.5, 0.6) is 0 Å². The molecular formula is C14H21N5O2. The van der Waals surface area contributed by atoms with Gasteiger partial charge in [-0.3, -0.25) is 14.3 Å². The number of aryl methyl sites for hydroxylation is 1. The zero-order valence-electron chi connectivity index (χ0n) is 12.3. The van der Waals surface area contributed by atoms with E-state index < -0.39 is 0 Å². The van der Waals surface area contributed by atoms with E-state index >= 15 is 0 Å². The highest BCUT2D eigenvalue weighted by molar-refractivity contribution is 5.69. The van der Waals surface area contributed by atoms with Crippen molar-refractivity contribution in [2.75, 3.05) is 13.1 Å². The third-order valence-corrected chi connectivity index (χ3v) is 4.12. The molecule has 2 aromatic heterocycles. The molecule has 7 heteroatoms. The highest BCUT2D eigenvalue weighted by Crippen LogP contribution is 2.16. The molecule has 0 bridgehead atoms. The van der Waals surface area contributed by atoms with Gasteiger partial charge in [-0.15, -0.1) is 0 Å². The van der Waals surface area contributed by atoms with Crippen LogP contribution in [-0.4, -0.2) is 32.2 Å². The van der Waals surface area contributed by atoms with Gasteiger partial charge in [0, 0.05) is 13.1 Å². The van der Waals surface area contributed by atoms with Crippen LogP contribution >= 0.6 is 0 Å². The topological polar surface area (TPSA) is 84.7 Å². The maximum Gasteiger partial charge on any atom is 0.330 e. The summed E-state index contributed by atoms with van der Waals surface area (Å²) in [6.45, 7) is 5.39. The molecule has 114 valence electrons. The van der Waals surface area contributed by atoms with E-state index in [2.05, 4.69) is 15.3 Å². The molecule has 0 spiro atoms. The van der Waals surface area contributed by atoms with E-state index in [1.807, 2.05) is 11.5 Å². The number of H-pyrrole nitrogens is 1. The predicted molar refractivity (Wildman–Crippen MR) is 80.5 cm³/mol. The normalized spacial score (nSPS) is 16.6. The molecule has 1 fully saturated rings. The van der Waals surface area contributed by atoms with Crippen LogP contribution in [0, 0.1) is 5.92 Å². The lowest BCUT2D eigenvalue weighted by Crippen LogP contribution is -2.32. The van der Waals surface area contributed by atoms with Gasteiger partial charge in [0.05, 0.1) is 6.33 Å². The molecule has 0 saturated carbocycles. The number of rotatable bonds is 4. The van der Waals surface area contributed by atoms with Gasteiger partial charge in [0.2, 0.25) is 0 Å². The molecule has 21 heavy (non-hydrogen) atoms. The molecule has 0 aliphatic carbocycles. The zero-order valence-corrected chi connectivity index (χ0v) is 12.3. The van der Waals surface area contributed by atoms with E-state index in [1.54, 1.807) is 10.9 Å². The van der Waals surface area contributed by atoms with Gasteiger partial charge >= 0.3 is 5.69 Å². The van der Waals surface area contributed by atoms with E-state index in [-0.39, 0.29) is 11.2 Å². The molecule has 1 saturated heterocycles. The summed E-state index contributed by atoms with van der Waals surface area (Å²) in [5, 5.41) is 3.34. The van der Waals surface area contributed by atoms with Crippen molar-refractivity contribution in [3.8, 4) is 0 Å². The van der Waals surface area contributed by atoms with Gasteiger partial charge in [-0.25, -0.2) is 9.78 Å². The Morgan fingerprint density at radius 2 is 2.10 bits per heavy atom. The second-order valence-corrected chi connectivity index (χ2v) is 5.67. The molecule has 1 aliphatic rings.